The third-order valence-electron chi connectivity index (χ3n) is 4.93. The van der Waals surface area contributed by atoms with Crippen molar-refractivity contribution >= 4 is 5.96 Å². The van der Waals surface area contributed by atoms with Crippen LogP contribution in [-0.4, -0.2) is 24.2 Å². The van der Waals surface area contributed by atoms with E-state index in [0.717, 1.165) is 36.1 Å². The van der Waals surface area contributed by atoms with E-state index in [0.29, 0.717) is 12.5 Å². The van der Waals surface area contributed by atoms with Crippen LogP contribution in [-0.2, 0) is 13.0 Å². The van der Waals surface area contributed by atoms with Gasteiger partial charge >= 0.3 is 0 Å². The Labute approximate surface area is 149 Å². The van der Waals surface area contributed by atoms with Gasteiger partial charge in [-0.05, 0) is 51.2 Å². The van der Waals surface area contributed by atoms with Crippen LogP contribution in [0.3, 0.4) is 0 Å². The van der Waals surface area contributed by atoms with Gasteiger partial charge in [0.15, 0.2) is 5.96 Å². The van der Waals surface area contributed by atoms with Crippen LogP contribution in [0.2, 0.25) is 0 Å². The molecule has 0 spiro atoms. The lowest BCUT2D eigenvalue weighted by atomic mass is 9.83. The summed E-state index contributed by atoms with van der Waals surface area (Å²) in [7, 11) is 0. The first kappa shape index (κ1) is 17.5. The molecule has 25 heavy (non-hydrogen) atoms. The molecule has 134 valence electrons. The number of benzene rings is 1. The number of rotatable bonds is 5. The van der Waals surface area contributed by atoms with E-state index in [9.17, 15) is 0 Å². The van der Waals surface area contributed by atoms with Crippen molar-refractivity contribution in [2.24, 2.45) is 4.99 Å². The van der Waals surface area contributed by atoms with Crippen LogP contribution in [0.25, 0.3) is 0 Å². The third kappa shape index (κ3) is 4.21. The highest BCUT2D eigenvalue weighted by atomic mass is 16.5. The summed E-state index contributed by atoms with van der Waals surface area (Å²) in [4.78, 5) is 4.71. The molecule has 2 aromatic rings. The Bertz CT molecular complexity index is 716. The first-order valence-electron chi connectivity index (χ1n) is 9.20. The van der Waals surface area contributed by atoms with Crippen LogP contribution in [0.15, 0.2) is 33.8 Å². The van der Waals surface area contributed by atoms with Crippen molar-refractivity contribution in [3.8, 4) is 0 Å². The number of aryl methyl sites for hydroxylation is 3. The predicted octanol–water partition coefficient (Wildman–Crippen LogP) is 3.47. The maximum Gasteiger partial charge on any atom is 0.191 e. The highest BCUT2D eigenvalue weighted by molar-refractivity contribution is 5.79. The number of fused-ring (bicyclic) bond motifs is 1. The Morgan fingerprint density at radius 2 is 2.12 bits per heavy atom. The van der Waals surface area contributed by atoms with Crippen molar-refractivity contribution in [2.45, 2.75) is 52.5 Å². The van der Waals surface area contributed by atoms with E-state index in [-0.39, 0.29) is 0 Å². The molecule has 2 N–H and O–H groups in total. The minimum absolute atomic E-state index is 0.549. The Morgan fingerprint density at radius 1 is 1.28 bits per heavy atom. The first-order chi connectivity index (χ1) is 12.2. The van der Waals surface area contributed by atoms with Crippen molar-refractivity contribution in [1.82, 2.24) is 15.8 Å². The molecule has 1 aliphatic rings. The molecule has 0 aliphatic heterocycles. The summed E-state index contributed by atoms with van der Waals surface area (Å²) in [5.74, 6) is 2.25. The molecule has 1 aliphatic carbocycles. The Balaban J connectivity index is 1.66. The standard InChI is InChI=1S/C20H28N4O/c1-4-21-20(23-13-19-14(2)24-25-15(19)3)22-12-17-10-7-9-16-8-5-6-11-18(16)17/h5-6,8,11,17H,4,7,9-10,12-13H2,1-3H3,(H2,21,22,23). The zero-order valence-electron chi connectivity index (χ0n) is 15.4. The van der Waals surface area contributed by atoms with E-state index in [2.05, 4.69) is 47.0 Å². The summed E-state index contributed by atoms with van der Waals surface area (Å²) in [5, 5.41) is 10.9. The number of aromatic nitrogens is 1. The Morgan fingerprint density at radius 3 is 2.88 bits per heavy atom. The van der Waals surface area contributed by atoms with Crippen molar-refractivity contribution < 1.29 is 4.52 Å². The van der Waals surface area contributed by atoms with Crippen LogP contribution in [0.5, 0.6) is 0 Å². The molecule has 1 aromatic heterocycles. The van der Waals surface area contributed by atoms with Crippen LogP contribution in [0.1, 0.15) is 53.8 Å². The van der Waals surface area contributed by atoms with Gasteiger partial charge < -0.3 is 15.2 Å². The van der Waals surface area contributed by atoms with E-state index < -0.39 is 0 Å². The maximum absolute atomic E-state index is 5.22. The summed E-state index contributed by atoms with van der Waals surface area (Å²) >= 11 is 0. The maximum atomic E-state index is 5.22. The second kappa shape index (κ2) is 8.19. The minimum Gasteiger partial charge on any atom is -0.361 e. The summed E-state index contributed by atoms with van der Waals surface area (Å²) in [6, 6.07) is 8.82. The molecule has 3 rings (SSSR count). The van der Waals surface area contributed by atoms with Gasteiger partial charge in [0.2, 0.25) is 0 Å². The van der Waals surface area contributed by atoms with E-state index in [4.69, 9.17) is 9.52 Å². The van der Waals surface area contributed by atoms with Crippen LogP contribution in [0, 0.1) is 13.8 Å². The Kier molecular flexibility index (Phi) is 5.74. The van der Waals surface area contributed by atoms with Crippen LogP contribution >= 0.6 is 0 Å². The van der Waals surface area contributed by atoms with Crippen molar-refractivity contribution in [3.05, 3.63) is 52.4 Å². The topological polar surface area (TPSA) is 62.5 Å². The molecular formula is C20H28N4O. The van der Waals surface area contributed by atoms with Crippen molar-refractivity contribution in [2.75, 3.05) is 13.1 Å². The molecule has 1 heterocycles. The van der Waals surface area contributed by atoms with E-state index in [1.165, 1.54) is 30.4 Å². The smallest absolute Gasteiger partial charge is 0.191 e. The average molecular weight is 340 g/mol. The molecule has 1 atom stereocenters. The van der Waals surface area contributed by atoms with Gasteiger partial charge in [0, 0.05) is 24.6 Å². The molecule has 0 fully saturated rings. The van der Waals surface area contributed by atoms with E-state index in [1.54, 1.807) is 0 Å². The lowest BCUT2D eigenvalue weighted by Crippen LogP contribution is -2.39. The van der Waals surface area contributed by atoms with Crippen LogP contribution < -0.4 is 10.6 Å². The molecule has 0 saturated carbocycles. The van der Waals surface area contributed by atoms with Gasteiger partial charge in [-0.1, -0.05) is 29.4 Å². The molecule has 5 heteroatoms. The zero-order chi connectivity index (χ0) is 17.6. The summed E-state index contributed by atoms with van der Waals surface area (Å²) in [6.07, 6.45) is 3.69. The molecule has 5 nitrogen and oxygen atoms in total. The summed E-state index contributed by atoms with van der Waals surface area (Å²) in [6.45, 7) is 8.31. The lowest BCUT2D eigenvalue weighted by molar-refractivity contribution is 0.392. The normalized spacial score (nSPS) is 17.2. The SMILES string of the molecule is CCNC(=NCc1c(C)noc1C)NCC1CCCc2ccccc21. The lowest BCUT2D eigenvalue weighted by Gasteiger charge is -2.26. The fourth-order valence-corrected chi connectivity index (χ4v) is 3.51. The molecular weight excluding hydrogens is 312 g/mol. The number of nitrogens with zero attached hydrogens (tertiary/aromatic N) is 2. The monoisotopic (exact) mass is 340 g/mol. The first-order valence-corrected chi connectivity index (χ1v) is 9.20. The quantitative estimate of drug-likeness (QED) is 0.646. The van der Waals surface area contributed by atoms with Crippen molar-refractivity contribution in [3.63, 3.8) is 0 Å². The van der Waals surface area contributed by atoms with Gasteiger partial charge in [-0.3, -0.25) is 0 Å². The second-order valence-electron chi connectivity index (χ2n) is 6.67. The number of nitrogens with one attached hydrogen (secondary N) is 2. The van der Waals surface area contributed by atoms with Gasteiger partial charge in [0.1, 0.15) is 5.76 Å². The second-order valence-corrected chi connectivity index (χ2v) is 6.67. The third-order valence-corrected chi connectivity index (χ3v) is 4.93. The summed E-state index contributed by atoms with van der Waals surface area (Å²) in [5.41, 5.74) is 4.97. The minimum atomic E-state index is 0.549. The molecule has 0 radical (unpaired) electrons. The predicted molar refractivity (Wildman–Crippen MR) is 101 cm³/mol. The molecule has 0 saturated heterocycles. The van der Waals surface area contributed by atoms with E-state index in [1.807, 2.05) is 13.8 Å². The van der Waals surface area contributed by atoms with Crippen molar-refractivity contribution in [1.29, 1.82) is 0 Å². The van der Waals surface area contributed by atoms with Gasteiger partial charge in [-0.15, -0.1) is 0 Å². The molecule has 0 amide bonds. The zero-order valence-corrected chi connectivity index (χ0v) is 15.4. The fourth-order valence-electron chi connectivity index (χ4n) is 3.51. The fraction of sp³-hybridized carbons (Fsp3) is 0.500. The van der Waals surface area contributed by atoms with Gasteiger partial charge in [-0.25, -0.2) is 4.99 Å². The van der Waals surface area contributed by atoms with Crippen LogP contribution in [0.4, 0.5) is 0 Å². The Hall–Kier alpha value is -2.30. The molecule has 1 aromatic carbocycles. The summed E-state index contributed by atoms with van der Waals surface area (Å²) < 4.78 is 5.22. The van der Waals surface area contributed by atoms with Gasteiger partial charge in [-0.2, -0.15) is 0 Å². The largest absolute Gasteiger partial charge is 0.361 e. The van der Waals surface area contributed by atoms with E-state index >= 15 is 0 Å². The number of aliphatic imine (C=N–C) groups is 1. The van der Waals surface area contributed by atoms with Gasteiger partial charge in [0.25, 0.3) is 0 Å². The number of hydrogen-bond acceptors (Lipinski definition) is 3. The molecule has 0 bridgehead atoms. The number of guanidine groups is 1. The highest BCUT2D eigenvalue weighted by Gasteiger charge is 2.19. The number of hydrogen-bond donors (Lipinski definition) is 2. The average Bonchev–Trinajstić information content (AvgIpc) is 2.95. The van der Waals surface area contributed by atoms with Gasteiger partial charge in [0.05, 0.1) is 12.2 Å². The highest BCUT2D eigenvalue weighted by Crippen LogP contribution is 2.30. The molecule has 1 unspecified atom stereocenters.